The summed E-state index contributed by atoms with van der Waals surface area (Å²) in [7, 11) is 0. The number of benzene rings is 1. The summed E-state index contributed by atoms with van der Waals surface area (Å²) in [6.07, 6.45) is 0.686. The Kier molecular flexibility index (Phi) is 3.69. The Morgan fingerprint density at radius 2 is 2.14 bits per heavy atom. The maximum atomic E-state index is 11.8. The summed E-state index contributed by atoms with van der Waals surface area (Å²) in [5, 5.41) is 9.14. The van der Waals surface area contributed by atoms with Gasteiger partial charge in [-0.05, 0) is 30.3 Å². The molecule has 0 unspecified atom stereocenters. The highest BCUT2D eigenvalue weighted by Crippen LogP contribution is 2.17. The van der Waals surface area contributed by atoms with E-state index in [1.807, 2.05) is 24.3 Å². The van der Waals surface area contributed by atoms with Crippen LogP contribution in [0.25, 0.3) is 0 Å². The number of nitrogens with zero attached hydrogens (tertiary/aromatic N) is 2. The third-order valence-electron chi connectivity index (χ3n) is 3.72. The summed E-state index contributed by atoms with van der Waals surface area (Å²) in [4.78, 5) is 19.7. The van der Waals surface area contributed by atoms with Crippen LogP contribution in [0.2, 0.25) is 0 Å². The van der Waals surface area contributed by atoms with Gasteiger partial charge in [0.1, 0.15) is 0 Å². The Bertz CT molecular complexity index is 831. The number of nitriles is 1. The van der Waals surface area contributed by atoms with Gasteiger partial charge in [-0.25, -0.2) is 0 Å². The summed E-state index contributed by atoms with van der Waals surface area (Å²) in [5.74, 6) is 0. The Hall–Kier alpha value is -2.23. The number of nitrogens with one attached hydrogen (secondary N) is 2. The molecule has 0 atom stereocenters. The first kappa shape index (κ1) is 13.7. The monoisotopic (exact) mass is 298 g/mol. The molecule has 2 aromatic rings. The molecule has 0 amide bonds. The van der Waals surface area contributed by atoms with Gasteiger partial charge in [0.15, 0.2) is 4.77 Å². The summed E-state index contributed by atoms with van der Waals surface area (Å²) in [5.41, 5.74) is 3.28. The number of aromatic nitrogens is 2. The summed E-state index contributed by atoms with van der Waals surface area (Å²) >= 11 is 5.02. The Morgan fingerprint density at radius 3 is 2.95 bits per heavy atom. The number of H-pyrrole nitrogens is 2. The first-order chi connectivity index (χ1) is 10.2. The lowest BCUT2D eigenvalue weighted by atomic mass is 10.0. The first-order valence-corrected chi connectivity index (χ1v) is 7.13. The smallest absolute Gasteiger partial charge is 0.255 e. The lowest BCUT2D eigenvalue weighted by Gasteiger charge is -2.28. The average molecular weight is 298 g/mol. The fraction of sp³-hybridized carbons (Fsp3) is 0.267. The van der Waals surface area contributed by atoms with Crippen molar-refractivity contribution in [3.8, 4) is 6.07 Å². The van der Waals surface area contributed by atoms with E-state index in [2.05, 4.69) is 20.9 Å². The molecular formula is C15H14N4OS. The minimum absolute atomic E-state index is 0.0918. The van der Waals surface area contributed by atoms with Crippen molar-refractivity contribution < 1.29 is 0 Å². The van der Waals surface area contributed by atoms with Gasteiger partial charge in [-0.3, -0.25) is 14.7 Å². The lowest BCUT2D eigenvalue weighted by molar-refractivity contribution is 0.240. The van der Waals surface area contributed by atoms with Crippen LogP contribution in [-0.2, 0) is 19.5 Å². The highest BCUT2D eigenvalue weighted by Gasteiger charge is 2.20. The van der Waals surface area contributed by atoms with Crippen molar-refractivity contribution in [3.63, 3.8) is 0 Å². The molecule has 1 aromatic carbocycles. The van der Waals surface area contributed by atoms with Crippen LogP contribution in [0.4, 0.5) is 0 Å². The van der Waals surface area contributed by atoms with E-state index in [0.29, 0.717) is 29.8 Å². The minimum Gasteiger partial charge on any atom is -0.334 e. The zero-order valence-corrected chi connectivity index (χ0v) is 12.2. The van der Waals surface area contributed by atoms with Gasteiger partial charge in [-0.15, -0.1) is 0 Å². The quantitative estimate of drug-likeness (QED) is 0.830. The van der Waals surface area contributed by atoms with E-state index in [9.17, 15) is 4.79 Å². The lowest BCUT2D eigenvalue weighted by Crippen LogP contribution is -2.35. The molecule has 5 nitrogen and oxygen atoms in total. The molecule has 1 aromatic heterocycles. The van der Waals surface area contributed by atoms with Crippen LogP contribution in [0.3, 0.4) is 0 Å². The molecule has 0 bridgehead atoms. The SMILES string of the molecule is N#Cc1ccccc1CN1CCc2c([nH]c(=S)[nH]c2=O)C1. The van der Waals surface area contributed by atoms with Crippen LogP contribution in [-0.4, -0.2) is 21.4 Å². The largest absolute Gasteiger partial charge is 0.334 e. The average Bonchev–Trinajstić information content (AvgIpc) is 2.47. The number of hydrogen-bond acceptors (Lipinski definition) is 4. The minimum atomic E-state index is -0.0918. The molecular weight excluding hydrogens is 284 g/mol. The van der Waals surface area contributed by atoms with Gasteiger partial charge in [0.05, 0.1) is 11.6 Å². The molecule has 0 spiro atoms. The number of rotatable bonds is 2. The van der Waals surface area contributed by atoms with Gasteiger partial charge in [-0.1, -0.05) is 18.2 Å². The van der Waals surface area contributed by atoms with Crippen molar-refractivity contribution in [2.75, 3.05) is 6.54 Å². The molecule has 1 aliphatic heterocycles. The van der Waals surface area contributed by atoms with Crippen molar-refractivity contribution in [3.05, 3.63) is 61.8 Å². The molecule has 6 heteroatoms. The highest BCUT2D eigenvalue weighted by molar-refractivity contribution is 7.71. The van der Waals surface area contributed by atoms with Gasteiger partial charge >= 0.3 is 0 Å². The fourth-order valence-corrected chi connectivity index (χ4v) is 2.89. The molecule has 0 aliphatic carbocycles. The molecule has 2 heterocycles. The maximum absolute atomic E-state index is 11.8. The first-order valence-electron chi connectivity index (χ1n) is 6.72. The normalized spacial score (nSPS) is 14.4. The molecule has 0 saturated heterocycles. The van der Waals surface area contributed by atoms with Crippen molar-refractivity contribution in [1.82, 2.24) is 14.9 Å². The van der Waals surface area contributed by atoms with E-state index in [1.54, 1.807) is 0 Å². The second kappa shape index (κ2) is 5.64. The van der Waals surface area contributed by atoms with E-state index in [0.717, 1.165) is 23.4 Å². The van der Waals surface area contributed by atoms with Gasteiger partial charge in [-0.2, -0.15) is 5.26 Å². The summed E-state index contributed by atoms with van der Waals surface area (Å²) < 4.78 is 0.359. The number of fused-ring (bicyclic) bond motifs is 1. The molecule has 1 aliphatic rings. The predicted molar refractivity (Wildman–Crippen MR) is 81.2 cm³/mol. The van der Waals surface area contributed by atoms with Gasteiger partial charge in [0.2, 0.25) is 0 Å². The summed E-state index contributed by atoms with van der Waals surface area (Å²) in [6.45, 7) is 2.12. The van der Waals surface area contributed by atoms with Crippen molar-refractivity contribution >= 4 is 12.2 Å². The van der Waals surface area contributed by atoms with Crippen molar-refractivity contribution in [2.45, 2.75) is 19.5 Å². The fourth-order valence-electron chi connectivity index (χ4n) is 2.67. The van der Waals surface area contributed by atoms with Crippen molar-refractivity contribution in [2.24, 2.45) is 0 Å². The van der Waals surface area contributed by atoms with E-state index in [-0.39, 0.29) is 5.56 Å². The second-order valence-corrected chi connectivity index (χ2v) is 5.50. The van der Waals surface area contributed by atoms with Crippen molar-refractivity contribution in [1.29, 1.82) is 5.26 Å². The molecule has 0 radical (unpaired) electrons. The summed E-state index contributed by atoms with van der Waals surface area (Å²) in [6, 6.07) is 9.81. The molecule has 2 N–H and O–H groups in total. The van der Waals surface area contributed by atoms with Gasteiger partial charge in [0, 0.05) is 30.9 Å². The zero-order chi connectivity index (χ0) is 14.8. The third-order valence-corrected chi connectivity index (χ3v) is 3.93. The van der Waals surface area contributed by atoms with E-state index in [1.165, 1.54) is 0 Å². The standard InChI is InChI=1S/C15H14N4OS/c16-7-10-3-1-2-4-11(10)8-19-6-5-12-13(9-19)17-15(21)18-14(12)20/h1-4H,5-6,8-9H2,(H2,17,18,20,21). The maximum Gasteiger partial charge on any atom is 0.255 e. The number of hydrogen-bond donors (Lipinski definition) is 2. The second-order valence-electron chi connectivity index (χ2n) is 5.09. The molecule has 0 fully saturated rings. The van der Waals surface area contributed by atoms with E-state index < -0.39 is 0 Å². The van der Waals surface area contributed by atoms with Crippen LogP contribution < -0.4 is 5.56 Å². The van der Waals surface area contributed by atoms with Crippen LogP contribution in [0, 0.1) is 16.1 Å². The number of aromatic amines is 2. The highest BCUT2D eigenvalue weighted by atomic mass is 32.1. The Morgan fingerprint density at radius 1 is 1.33 bits per heavy atom. The molecule has 106 valence electrons. The van der Waals surface area contributed by atoms with Crippen LogP contribution in [0.5, 0.6) is 0 Å². The van der Waals surface area contributed by atoms with Gasteiger partial charge < -0.3 is 4.98 Å². The molecule has 0 saturated carbocycles. The Balaban J connectivity index is 1.86. The molecule has 21 heavy (non-hydrogen) atoms. The topological polar surface area (TPSA) is 75.7 Å². The Labute approximate surface area is 126 Å². The zero-order valence-electron chi connectivity index (χ0n) is 11.3. The molecule has 3 rings (SSSR count). The van der Waals surface area contributed by atoms with Crippen LogP contribution in [0.15, 0.2) is 29.1 Å². The predicted octanol–water partition coefficient (Wildman–Crippen LogP) is 1.86. The van der Waals surface area contributed by atoms with Crippen LogP contribution >= 0.6 is 12.2 Å². The third kappa shape index (κ3) is 2.79. The van der Waals surface area contributed by atoms with E-state index >= 15 is 0 Å². The van der Waals surface area contributed by atoms with Crippen LogP contribution in [0.1, 0.15) is 22.4 Å². The van der Waals surface area contributed by atoms with Gasteiger partial charge in [0.25, 0.3) is 5.56 Å². The van der Waals surface area contributed by atoms with E-state index in [4.69, 9.17) is 17.5 Å².